The van der Waals surface area contributed by atoms with E-state index in [-0.39, 0.29) is 5.75 Å². The van der Waals surface area contributed by atoms with Gasteiger partial charge in [0, 0.05) is 12.2 Å². The number of nitrogens with one attached hydrogen (secondary N) is 2. The number of sulfonamides is 2. The molecule has 1 saturated heterocycles. The molecule has 1 fully saturated rings. The molecule has 31 heavy (non-hydrogen) atoms. The lowest BCUT2D eigenvalue weighted by molar-refractivity contribution is -0.137. The lowest BCUT2D eigenvalue weighted by Crippen LogP contribution is -2.33. The summed E-state index contributed by atoms with van der Waals surface area (Å²) in [5.41, 5.74) is -0.385. The fourth-order valence-corrected chi connectivity index (χ4v) is 5.52. The molecule has 1 heterocycles. The molecule has 0 bridgehead atoms. The monoisotopic (exact) mass is 477 g/mol. The van der Waals surface area contributed by atoms with Crippen LogP contribution in [-0.4, -0.2) is 41.6 Å². The number of hydrogen-bond acceptors (Lipinski definition) is 5. The van der Waals surface area contributed by atoms with Crippen LogP contribution in [0, 0.1) is 0 Å². The van der Waals surface area contributed by atoms with Gasteiger partial charge in [-0.1, -0.05) is 6.07 Å². The van der Waals surface area contributed by atoms with Crippen LogP contribution in [0.25, 0.3) is 0 Å². The van der Waals surface area contributed by atoms with Gasteiger partial charge in [0.2, 0.25) is 26.0 Å². The molecule has 2 aromatic rings. The molecule has 2 aromatic carbocycles. The van der Waals surface area contributed by atoms with Crippen molar-refractivity contribution in [2.45, 2.75) is 17.5 Å². The average Bonchev–Trinajstić information content (AvgIpc) is 3.06. The summed E-state index contributed by atoms with van der Waals surface area (Å²) in [7, 11) is -7.69. The molecule has 0 radical (unpaired) electrons. The van der Waals surface area contributed by atoms with Crippen molar-refractivity contribution in [2.24, 2.45) is 0 Å². The Labute approximate surface area is 177 Å². The van der Waals surface area contributed by atoms with Crippen molar-refractivity contribution >= 4 is 37.3 Å². The van der Waals surface area contributed by atoms with Crippen LogP contribution in [0.5, 0.6) is 0 Å². The molecule has 0 aromatic heterocycles. The summed E-state index contributed by atoms with van der Waals surface area (Å²) >= 11 is 0. The molecule has 0 unspecified atom stereocenters. The van der Waals surface area contributed by atoms with E-state index in [1.807, 2.05) is 4.72 Å². The number of amides is 1. The number of carbonyl (C=O) groups is 1. The van der Waals surface area contributed by atoms with Crippen molar-refractivity contribution in [1.29, 1.82) is 0 Å². The van der Waals surface area contributed by atoms with E-state index >= 15 is 0 Å². The fraction of sp³-hybridized carbons (Fsp3) is 0.278. The van der Waals surface area contributed by atoms with Gasteiger partial charge in [-0.05, 0) is 48.9 Å². The second-order valence-corrected chi connectivity index (χ2v) is 10.5. The minimum atomic E-state index is -4.70. The second kappa shape index (κ2) is 8.48. The van der Waals surface area contributed by atoms with Crippen molar-refractivity contribution < 1.29 is 34.8 Å². The number of halogens is 3. The highest BCUT2D eigenvalue weighted by atomic mass is 32.2. The van der Waals surface area contributed by atoms with Gasteiger partial charge in [-0.25, -0.2) is 21.6 Å². The third kappa shape index (κ3) is 5.54. The van der Waals surface area contributed by atoms with Gasteiger partial charge in [0.15, 0.2) is 0 Å². The van der Waals surface area contributed by atoms with Crippen LogP contribution >= 0.6 is 0 Å². The molecule has 1 aliphatic rings. The number of anilines is 2. The molecule has 0 spiro atoms. The zero-order valence-electron chi connectivity index (χ0n) is 15.9. The van der Waals surface area contributed by atoms with Crippen LogP contribution < -0.4 is 14.3 Å². The Morgan fingerprint density at radius 2 is 1.77 bits per heavy atom. The van der Waals surface area contributed by atoms with Crippen molar-refractivity contribution in [3.8, 4) is 0 Å². The highest BCUT2D eigenvalue weighted by Gasteiger charge is 2.32. The Balaban J connectivity index is 1.61. The maximum atomic E-state index is 12.8. The van der Waals surface area contributed by atoms with Gasteiger partial charge >= 0.3 is 6.18 Å². The zero-order valence-corrected chi connectivity index (χ0v) is 17.5. The minimum Gasteiger partial charge on any atom is -0.325 e. The lowest BCUT2D eigenvalue weighted by Gasteiger charge is -2.17. The summed E-state index contributed by atoms with van der Waals surface area (Å²) in [6.45, 7) is -0.341. The van der Waals surface area contributed by atoms with E-state index in [1.165, 1.54) is 28.6 Å². The molecule has 0 saturated carbocycles. The molecule has 1 aliphatic heterocycles. The first-order valence-corrected chi connectivity index (χ1v) is 12.0. The van der Waals surface area contributed by atoms with E-state index in [0.29, 0.717) is 30.4 Å². The van der Waals surface area contributed by atoms with Crippen LogP contribution in [0.3, 0.4) is 0 Å². The summed E-state index contributed by atoms with van der Waals surface area (Å²) in [5, 5.41) is 2.43. The summed E-state index contributed by atoms with van der Waals surface area (Å²) in [5.74, 6) is -0.686. The van der Waals surface area contributed by atoms with E-state index in [9.17, 15) is 34.8 Å². The first kappa shape index (κ1) is 23.0. The van der Waals surface area contributed by atoms with Gasteiger partial charge in [0.25, 0.3) is 0 Å². The van der Waals surface area contributed by atoms with Crippen LogP contribution in [0.2, 0.25) is 0 Å². The highest BCUT2D eigenvalue weighted by Crippen LogP contribution is 2.30. The molecule has 8 nitrogen and oxygen atoms in total. The molecule has 0 atom stereocenters. The zero-order chi connectivity index (χ0) is 22.9. The molecule has 168 valence electrons. The maximum absolute atomic E-state index is 12.8. The van der Waals surface area contributed by atoms with Gasteiger partial charge in [-0.3, -0.25) is 9.10 Å². The predicted octanol–water partition coefficient (Wildman–Crippen LogP) is 2.16. The highest BCUT2D eigenvalue weighted by molar-refractivity contribution is 7.93. The van der Waals surface area contributed by atoms with Gasteiger partial charge in [0.05, 0.1) is 28.4 Å². The van der Waals surface area contributed by atoms with Crippen LogP contribution in [0.1, 0.15) is 12.0 Å². The topological polar surface area (TPSA) is 113 Å². The third-order valence-corrected chi connectivity index (χ3v) is 7.70. The second-order valence-electron chi connectivity index (χ2n) is 6.69. The molecule has 13 heteroatoms. The molecule has 1 amide bonds. The molecule has 3 rings (SSSR count). The smallest absolute Gasteiger partial charge is 0.325 e. The summed E-state index contributed by atoms with van der Waals surface area (Å²) < 4.78 is 89.8. The summed E-state index contributed by atoms with van der Waals surface area (Å²) in [6, 6.07) is 9.09. The largest absolute Gasteiger partial charge is 0.416 e. The van der Waals surface area contributed by atoms with E-state index in [0.717, 1.165) is 18.2 Å². The van der Waals surface area contributed by atoms with Crippen LogP contribution in [-0.2, 0) is 31.0 Å². The Kier molecular flexibility index (Phi) is 6.30. The number of rotatable bonds is 6. The van der Waals surface area contributed by atoms with E-state index in [4.69, 9.17) is 0 Å². The van der Waals surface area contributed by atoms with E-state index < -0.39 is 49.1 Å². The van der Waals surface area contributed by atoms with Crippen molar-refractivity contribution in [1.82, 2.24) is 4.72 Å². The standard InChI is InChI=1S/C18H18F3N3O5S2/c19-18(20,21)13-3-1-4-16(11-13)31(28,29)22-12-17(25)23-14-5-7-15(8-6-14)24-9-2-10-30(24,26)27/h1,3-8,11,22H,2,9-10,12H2,(H,23,25). The SMILES string of the molecule is O=C(CNS(=O)(=O)c1cccc(C(F)(F)F)c1)Nc1ccc(N2CCCS2(=O)=O)cc1. The van der Waals surface area contributed by atoms with Crippen molar-refractivity contribution in [2.75, 3.05) is 28.5 Å². The minimum absolute atomic E-state index is 0.0670. The van der Waals surface area contributed by atoms with Crippen molar-refractivity contribution in [3.05, 3.63) is 54.1 Å². The average molecular weight is 477 g/mol. The van der Waals surface area contributed by atoms with Gasteiger partial charge in [-0.15, -0.1) is 0 Å². The Bertz CT molecular complexity index is 1180. The maximum Gasteiger partial charge on any atom is 0.416 e. The van der Waals surface area contributed by atoms with Crippen LogP contribution in [0.15, 0.2) is 53.4 Å². The Morgan fingerprint density at radius 1 is 1.10 bits per heavy atom. The van der Waals surface area contributed by atoms with Gasteiger partial charge < -0.3 is 5.32 Å². The normalized spacial score (nSPS) is 16.3. The molecule has 2 N–H and O–H groups in total. The number of hydrogen-bond donors (Lipinski definition) is 2. The number of benzene rings is 2. The fourth-order valence-electron chi connectivity index (χ4n) is 2.93. The van der Waals surface area contributed by atoms with Gasteiger partial charge in [-0.2, -0.15) is 13.2 Å². The first-order chi connectivity index (χ1) is 14.4. The number of carbonyl (C=O) groups excluding carboxylic acids is 1. The molecule has 0 aliphatic carbocycles. The third-order valence-electron chi connectivity index (χ3n) is 4.43. The number of nitrogens with zero attached hydrogens (tertiary/aromatic N) is 1. The molecular weight excluding hydrogens is 459 g/mol. The lowest BCUT2D eigenvalue weighted by atomic mass is 10.2. The summed E-state index contributed by atoms with van der Waals surface area (Å²) in [6.07, 6.45) is -4.18. The van der Waals surface area contributed by atoms with Crippen molar-refractivity contribution in [3.63, 3.8) is 0 Å². The summed E-state index contributed by atoms with van der Waals surface area (Å²) in [4.78, 5) is 11.4. The predicted molar refractivity (Wildman–Crippen MR) is 107 cm³/mol. The number of alkyl halides is 3. The molecular formula is C18H18F3N3O5S2. The van der Waals surface area contributed by atoms with Crippen LogP contribution in [0.4, 0.5) is 24.5 Å². The quantitative estimate of drug-likeness (QED) is 0.662. The Morgan fingerprint density at radius 3 is 2.35 bits per heavy atom. The van der Waals surface area contributed by atoms with E-state index in [1.54, 1.807) is 0 Å². The first-order valence-electron chi connectivity index (χ1n) is 8.96. The van der Waals surface area contributed by atoms with Gasteiger partial charge in [0.1, 0.15) is 0 Å². The van der Waals surface area contributed by atoms with E-state index in [2.05, 4.69) is 5.32 Å². The Hall–Kier alpha value is -2.64.